The Morgan fingerprint density at radius 3 is 2.88 bits per heavy atom. The van der Waals surface area contributed by atoms with E-state index in [1.54, 1.807) is 12.3 Å². The molecule has 1 aromatic heterocycles. The second-order valence-electron chi connectivity index (χ2n) is 3.74. The lowest BCUT2D eigenvalue weighted by atomic mass is 10.1. The standard InChI is InChI=1S/C12H15N3O/c1-9(11-4-2-3-5-12(11)16)13-8-10-6-7-14-15-10/h2-7,9,13,16H,8H2,1H3,(H,14,15). The van der Waals surface area contributed by atoms with Crippen molar-refractivity contribution in [2.24, 2.45) is 0 Å². The number of hydrogen-bond acceptors (Lipinski definition) is 3. The molecule has 1 heterocycles. The lowest BCUT2D eigenvalue weighted by Crippen LogP contribution is -2.18. The third-order valence-electron chi connectivity index (χ3n) is 2.56. The van der Waals surface area contributed by atoms with Gasteiger partial charge >= 0.3 is 0 Å². The molecule has 0 aliphatic carbocycles. The van der Waals surface area contributed by atoms with Crippen LogP contribution < -0.4 is 5.32 Å². The van der Waals surface area contributed by atoms with Gasteiger partial charge in [0.1, 0.15) is 5.75 Å². The number of nitrogens with one attached hydrogen (secondary N) is 2. The molecule has 0 bridgehead atoms. The van der Waals surface area contributed by atoms with Gasteiger partial charge in [-0.15, -0.1) is 0 Å². The molecule has 4 heteroatoms. The van der Waals surface area contributed by atoms with Gasteiger partial charge in [0.2, 0.25) is 0 Å². The van der Waals surface area contributed by atoms with Crippen molar-refractivity contribution in [3.05, 3.63) is 47.8 Å². The highest BCUT2D eigenvalue weighted by Crippen LogP contribution is 2.23. The summed E-state index contributed by atoms with van der Waals surface area (Å²) < 4.78 is 0. The molecule has 0 fully saturated rings. The number of rotatable bonds is 4. The van der Waals surface area contributed by atoms with Gasteiger partial charge in [0.15, 0.2) is 0 Å². The van der Waals surface area contributed by atoms with Gasteiger partial charge in [0.05, 0.1) is 0 Å². The molecular formula is C12H15N3O. The van der Waals surface area contributed by atoms with Crippen molar-refractivity contribution < 1.29 is 5.11 Å². The molecule has 2 aromatic rings. The third-order valence-corrected chi connectivity index (χ3v) is 2.56. The SMILES string of the molecule is CC(NCc1ccn[nH]1)c1ccccc1O. The Balaban J connectivity index is 1.98. The fraction of sp³-hybridized carbons (Fsp3) is 0.250. The minimum absolute atomic E-state index is 0.101. The van der Waals surface area contributed by atoms with Crippen LogP contribution in [0.25, 0.3) is 0 Å². The van der Waals surface area contributed by atoms with E-state index in [1.807, 2.05) is 31.2 Å². The molecule has 1 atom stereocenters. The number of nitrogens with zero attached hydrogens (tertiary/aromatic N) is 1. The molecule has 84 valence electrons. The Morgan fingerprint density at radius 1 is 1.38 bits per heavy atom. The molecule has 1 aromatic carbocycles. The molecule has 0 aliphatic rings. The zero-order valence-corrected chi connectivity index (χ0v) is 9.14. The van der Waals surface area contributed by atoms with Crippen molar-refractivity contribution in [1.82, 2.24) is 15.5 Å². The average Bonchev–Trinajstić information content (AvgIpc) is 2.79. The molecule has 1 unspecified atom stereocenters. The molecule has 0 amide bonds. The number of aromatic amines is 1. The van der Waals surface area contributed by atoms with E-state index in [9.17, 15) is 5.11 Å². The highest BCUT2D eigenvalue weighted by atomic mass is 16.3. The van der Waals surface area contributed by atoms with E-state index in [2.05, 4.69) is 15.5 Å². The van der Waals surface area contributed by atoms with Crippen LogP contribution in [0.5, 0.6) is 5.75 Å². The van der Waals surface area contributed by atoms with Gasteiger partial charge in [-0.25, -0.2) is 0 Å². The first-order valence-corrected chi connectivity index (χ1v) is 5.27. The van der Waals surface area contributed by atoms with Crippen LogP contribution in [0.4, 0.5) is 0 Å². The molecule has 0 spiro atoms. The van der Waals surface area contributed by atoms with Gasteiger partial charge in [-0.3, -0.25) is 5.10 Å². The van der Waals surface area contributed by atoms with E-state index in [-0.39, 0.29) is 6.04 Å². The average molecular weight is 217 g/mol. The molecule has 0 saturated carbocycles. The summed E-state index contributed by atoms with van der Waals surface area (Å²) in [7, 11) is 0. The fourth-order valence-electron chi connectivity index (χ4n) is 1.61. The smallest absolute Gasteiger partial charge is 0.120 e. The van der Waals surface area contributed by atoms with Crippen molar-refractivity contribution in [2.75, 3.05) is 0 Å². The summed E-state index contributed by atoms with van der Waals surface area (Å²) in [5, 5.41) is 19.7. The lowest BCUT2D eigenvalue weighted by Gasteiger charge is -2.14. The van der Waals surface area contributed by atoms with E-state index in [0.717, 1.165) is 11.3 Å². The topological polar surface area (TPSA) is 60.9 Å². The maximum absolute atomic E-state index is 9.68. The first-order valence-electron chi connectivity index (χ1n) is 5.27. The molecule has 2 rings (SSSR count). The molecule has 0 aliphatic heterocycles. The van der Waals surface area contributed by atoms with Crippen molar-refractivity contribution in [3.63, 3.8) is 0 Å². The normalized spacial score (nSPS) is 12.6. The molecule has 0 saturated heterocycles. The Bertz CT molecular complexity index is 439. The van der Waals surface area contributed by atoms with Crippen LogP contribution in [0.15, 0.2) is 36.5 Å². The number of phenolic OH excluding ortho intramolecular Hbond substituents is 1. The van der Waals surface area contributed by atoms with Crippen molar-refractivity contribution >= 4 is 0 Å². The van der Waals surface area contributed by atoms with Gasteiger partial charge < -0.3 is 10.4 Å². The second kappa shape index (κ2) is 4.81. The van der Waals surface area contributed by atoms with E-state index in [0.29, 0.717) is 12.3 Å². The van der Waals surface area contributed by atoms with Crippen LogP contribution in [-0.2, 0) is 6.54 Å². The summed E-state index contributed by atoms with van der Waals surface area (Å²) in [5.74, 6) is 0.326. The maximum Gasteiger partial charge on any atom is 0.120 e. The van der Waals surface area contributed by atoms with E-state index in [1.165, 1.54) is 0 Å². The Kier molecular flexibility index (Phi) is 3.22. The quantitative estimate of drug-likeness (QED) is 0.733. The molecule has 0 radical (unpaired) electrons. The van der Waals surface area contributed by atoms with Gasteiger partial charge in [0, 0.05) is 30.0 Å². The van der Waals surface area contributed by atoms with Gasteiger partial charge in [0.25, 0.3) is 0 Å². The number of para-hydroxylation sites is 1. The summed E-state index contributed by atoms with van der Waals surface area (Å²) >= 11 is 0. The fourth-order valence-corrected chi connectivity index (χ4v) is 1.61. The van der Waals surface area contributed by atoms with E-state index < -0.39 is 0 Å². The maximum atomic E-state index is 9.68. The van der Waals surface area contributed by atoms with E-state index >= 15 is 0 Å². The van der Waals surface area contributed by atoms with Crippen molar-refractivity contribution in [2.45, 2.75) is 19.5 Å². The van der Waals surface area contributed by atoms with Crippen LogP contribution in [0.3, 0.4) is 0 Å². The number of benzene rings is 1. The minimum atomic E-state index is 0.101. The highest BCUT2D eigenvalue weighted by Gasteiger charge is 2.08. The predicted octanol–water partition coefficient (Wildman–Crippen LogP) is 1.97. The zero-order chi connectivity index (χ0) is 11.4. The van der Waals surface area contributed by atoms with Crippen LogP contribution in [-0.4, -0.2) is 15.3 Å². The van der Waals surface area contributed by atoms with Gasteiger partial charge in [-0.05, 0) is 19.1 Å². The number of aromatic nitrogens is 2. The van der Waals surface area contributed by atoms with Crippen molar-refractivity contribution in [3.8, 4) is 5.75 Å². The Morgan fingerprint density at radius 2 is 2.19 bits per heavy atom. The van der Waals surface area contributed by atoms with Crippen molar-refractivity contribution in [1.29, 1.82) is 0 Å². The van der Waals surface area contributed by atoms with E-state index in [4.69, 9.17) is 0 Å². The summed E-state index contributed by atoms with van der Waals surface area (Å²) in [6.07, 6.45) is 1.72. The monoisotopic (exact) mass is 217 g/mol. The highest BCUT2D eigenvalue weighted by molar-refractivity contribution is 5.34. The third kappa shape index (κ3) is 2.41. The first-order chi connectivity index (χ1) is 7.77. The predicted molar refractivity (Wildman–Crippen MR) is 61.9 cm³/mol. The minimum Gasteiger partial charge on any atom is -0.508 e. The second-order valence-corrected chi connectivity index (χ2v) is 3.74. The van der Waals surface area contributed by atoms with Crippen LogP contribution in [0.1, 0.15) is 24.2 Å². The number of aromatic hydroxyl groups is 1. The first kappa shape index (κ1) is 10.7. The summed E-state index contributed by atoms with van der Waals surface area (Å²) in [5.41, 5.74) is 1.93. The number of phenols is 1. The van der Waals surface area contributed by atoms with Crippen LogP contribution in [0, 0.1) is 0 Å². The molecule has 4 nitrogen and oxygen atoms in total. The number of H-pyrrole nitrogens is 1. The van der Waals surface area contributed by atoms with Gasteiger partial charge in [-0.2, -0.15) is 5.10 Å². The number of hydrogen-bond donors (Lipinski definition) is 3. The summed E-state index contributed by atoms with van der Waals surface area (Å²) in [6, 6.07) is 9.38. The van der Waals surface area contributed by atoms with Crippen LogP contribution >= 0.6 is 0 Å². The largest absolute Gasteiger partial charge is 0.508 e. The zero-order valence-electron chi connectivity index (χ0n) is 9.14. The summed E-state index contributed by atoms with van der Waals surface area (Å²) in [4.78, 5) is 0. The van der Waals surface area contributed by atoms with Crippen LogP contribution in [0.2, 0.25) is 0 Å². The molecule has 16 heavy (non-hydrogen) atoms. The Labute approximate surface area is 94.3 Å². The van der Waals surface area contributed by atoms with Gasteiger partial charge in [-0.1, -0.05) is 18.2 Å². The summed E-state index contributed by atoms with van der Waals surface area (Å²) in [6.45, 7) is 2.72. The Hall–Kier alpha value is -1.81. The lowest BCUT2D eigenvalue weighted by molar-refractivity contribution is 0.452. The molecule has 3 N–H and O–H groups in total. The molecular weight excluding hydrogens is 202 g/mol.